The summed E-state index contributed by atoms with van der Waals surface area (Å²) in [5.41, 5.74) is 1.86. The number of aryl methyl sites for hydroxylation is 1. The van der Waals surface area contributed by atoms with Crippen molar-refractivity contribution in [2.24, 2.45) is 17.8 Å². The molecule has 40 heavy (non-hydrogen) atoms. The summed E-state index contributed by atoms with van der Waals surface area (Å²) < 4.78 is 11.5. The number of unbranched alkanes of at least 4 members (excludes halogenated alkanes) is 4. The Morgan fingerprint density at radius 1 is 0.850 bits per heavy atom. The normalized spacial score (nSPS) is 18.1. The molecule has 0 saturated heterocycles. The molecular weight excluding hydrogens is 492 g/mol. The van der Waals surface area contributed by atoms with Gasteiger partial charge in [0.25, 0.3) is 0 Å². The highest BCUT2D eigenvalue weighted by atomic mass is 16.5. The van der Waals surface area contributed by atoms with Crippen LogP contribution >= 0.6 is 0 Å². The maximum absolute atomic E-state index is 12.6. The zero-order chi connectivity index (χ0) is 28.4. The Morgan fingerprint density at radius 2 is 1.55 bits per heavy atom. The summed E-state index contributed by atoms with van der Waals surface area (Å²) in [5.74, 6) is 3.62. The molecular formula is C37H54O3. The number of hydrogen-bond acceptors (Lipinski definition) is 3. The van der Waals surface area contributed by atoms with Crippen LogP contribution in [0.15, 0.2) is 60.7 Å². The molecule has 0 radical (unpaired) electrons. The van der Waals surface area contributed by atoms with Crippen molar-refractivity contribution in [3.05, 3.63) is 71.8 Å². The Morgan fingerprint density at radius 3 is 2.25 bits per heavy atom. The molecule has 0 aromatic heterocycles. The van der Waals surface area contributed by atoms with Crippen molar-refractivity contribution in [3.63, 3.8) is 0 Å². The number of benzene rings is 2. The first-order valence-corrected chi connectivity index (χ1v) is 16.3. The van der Waals surface area contributed by atoms with Crippen molar-refractivity contribution in [2.45, 2.75) is 117 Å². The summed E-state index contributed by atoms with van der Waals surface area (Å²) >= 11 is 0. The molecule has 1 fully saturated rings. The number of carbonyl (C=O) groups excluding carboxylic acids is 1. The van der Waals surface area contributed by atoms with Gasteiger partial charge in [-0.3, -0.25) is 0 Å². The van der Waals surface area contributed by atoms with Gasteiger partial charge in [0.15, 0.2) is 0 Å². The highest BCUT2D eigenvalue weighted by molar-refractivity contribution is 5.91. The molecule has 3 rings (SSSR count). The second-order valence-corrected chi connectivity index (χ2v) is 12.0. The van der Waals surface area contributed by atoms with Crippen LogP contribution in [0.25, 0.3) is 0 Å². The zero-order valence-corrected chi connectivity index (χ0v) is 25.5. The quantitative estimate of drug-likeness (QED) is 0.0807. The number of hydrogen-bond donors (Lipinski definition) is 0. The molecule has 1 aliphatic carbocycles. The molecule has 1 atom stereocenters. The topological polar surface area (TPSA) is 35.5 Å². The molecule has 0 bridgehead atoms. The van der Waals surface area contributed by atoms with Crippen molar-refractivity contribution in [1.82, 2.24) is 0 Å². The minimum Gasteiger partial charge on any atom is -0.494 e. The lowest BCUT2D eigenvalue weighted by molar-refractivity contribution is 0.0734. The van der Waals surface area contributed by atoms with E-state index in [1.807, 2.05) is 24.3 Å². The van der Waals surface area contributed by atoms with E-state index in [0.717, 1.165) is 36.3 Å². The van der Waals surface area contributed by atoms with Crippen LogP contribution in [-0.2, 0) is 6.42 Å². The summed E-state index contributed by atoms with van der Waals surface area (Å²) in [4.78, 5) is 12.6. The predicted octanol–water partition coefficient (Wildman–Crippen LogP) is 10.8. The van der Waals surface area contributed by atoms with Gasteiger partial charge < -0.3 is 9.47 Å². The van der Waals surface area contributed by atoms with E-state index in [1.165, 1.54) is 89.0 Å². The van der Waals surface area contributed by atoms with Gasteiger partial charge >= 0.3 is 5.97 Å². The molecule has 220 valence electrons. The summed E-state index contributed by atoms with van der Waals surface area (Å²) in [5, 5.41) is 0. The van der Waals surface area contributed by atoms with E-state index in [0.29, 0.717) is 17.9 Å². The second kappa shape index (κ2) is 18.7. The SMILES string of the molecule is CCCC/C=C\C[C@H]1CC[C@H](CCc2ccc(OC(=O)c3ccc(OCCCCC[C@@H](C)CC)cc3)cc2)CC1. The third kappa shape index (κ3) is 12.3. The number of ether oxygens (including phenoxy) is 2. The van der Waals surface area contributed by atoms with Gasteiger partial charge in [-0.25, -0.2) is 4.79 Å². The maximum Gasteiger partial charge on any atom is 0.343 e. The van der Waals surface area contributed by atoms with E-state index in [2.05, 4.69) is 45.1 Å². The van der Waals surface area contributed by atoms with Crippen LogP contribution < -0.4 is 9.47 Å². The lowest BCUT2D eigenvalue weighted by atomic mass is 9.78. The molecule has 1 aliphatic rings. The summed E-state index contributed by atoms with van der Waals surface area (Å²) in [7, 11) is 0. The average Bonchev–Trinajstić information content (AvgIpc) is 2.99. The predicted molar refractivity (Wildman–Crippen MR) is 168 cm³/mol. The fourth-order valence-corrected chi connectivity index (χ4v) is 5.60. The minimum absolute atomic E-state index is 0.332. The Bertz CT molecular complexity index is 967. The number of allylic oxidation sites excluding steroid dienone is 2. The number of rotatable bonds is 18. The molecule has 0 spiro atoms. The van der Waals surface area contributed by atoms with Gasteiger partial charge in [-0.05, 0) is 105 Å². The molecule has 2 aromatic rings. The van der Waals surface area contributed by atoms with Crippen LogP contribution in [0, 0.1) is 17.8 Å². The Labute approximate surface area is 244 Å². The van der Waals surface area contributed by atoms with E-state index in [9.17, 15) is 4.79 Å². The van der Waals surface area contributed by atoms with Crippen LogP contribution in [0.5, 0.6) is 11.5 Å². The van der Waals surface area contributed by atoms with Gasteiger partial charge in [0.05, 0.1) is 12.2 Å². The Hall–Kier alpha value is -2.55. The van der Waals surface area contributed by atoms with Crippen LogP contribution in [0.3, 0.4) is 0 Å². The highest BCUT2D eigenvalue weighted by Crippen LogP contribution is 2.33. The fourth-order valence-electron chi connectivity index (χ4n) is 5.60. The summed E-state index contributed by atoms with van der Waals surface area (Å²) in [6.07, 6.45) is 23.9. The molecule has 0 aliphatic heterocycles. The van der Waals surface area contributed by atoms with Crippen molar-refractivity contribution in [3.8, 4) is 11.5 Å². The van der Waals surface area contributed by atoms with Gasteiger partial charge in [-0.15, -0.1) is 0 Å². The van der Waals surface area contributed by atoms with Gasteiger partial charge in [0, 0.05) is 0 Å². The molecule has 0 amide bonds. The zero-order valence-electron chi connectivity index (χ0n) is 25.5. The second-order valence-electron chi connectivity index (χ2n) is 12.0. The lowest BCUT2D eigenvalue weighted by Crippen LogP contribution is -2.14. The first kappa shape index (κ1) is 32.0. The van der Waals surface area contributed by atoms with E-state index >= 15 is 0 Å². The molecule has 0 unspecified atom stereocenters. The summed E-state index contributed by atoms with van der Waals surface area (Å²) in [6.45, 7) is 7.55. The average molecular weight is 547 g/mol. The molecule has 3 nitrogen and oxygen atoms in total. The standard InChI is InChI=1S/C37H54O3/c1-4-6-7-8-11-14-31-15-17-32(18-16-31)19-20-33-21-25-36(26-22-33)40-37(38)34-23-27-35(28-24-34)39-29-12-9-10-13-30(3)5-2/h8,11,21-28,30-32H,4-7,9-10,12-20,29H2,1-3H3/b11-8-/t30-,31-,32-/m0/s1. The van der Waals surface area contributed by atoms with Gasteiger partial charge in [0.1, 0.15) is 11.5 Å². The van der Waals surface area contributed by atoms with E-state index in [4.69, 9.17) is 9.47 Å². The van der Waals surface area contributed by atoms with Gasteiger partial charge in [-0.2, -0.15) is 0 Å². The molecule has 3 heteroatoms. The third-order valence-electron chi connectivity index (χ3n) is 8.70. The molecule has 2 aromatic carbocycles. The van der Waals surface area contributed by atoms with E-state index in [-0.39, 0.29) is 5.97 Å². The molecule has 1 saturated carbocycles. The fraction of sp³-hybridized carbons (Fsp3) is 0.595. The van der Waals surface area contributed by atoms with Crippen LogP contribution in [-0.4, -0.2) is 12.6 Å². The van der Waals surface area contributed by atoms with Crippen LogP contribution in [0.2, 0.25) is 0 Å². The first-order chi connectivity index (χ1) is 19.6. The van der Waals surface area contributed by atoms with Crippen molar-refractivity contribution in [2.75, 3.05) is 6.61 Å². The number of carbonyl (C=O) groups is 1. The van der Waals surface area contributed by atoms with Gasteiger partial charge in [0.2, 0.25) is 0 Å². The summed E-state index contributed by atoms with van der Waals surface area (Å²) in [6, 6.07) is 15.3. The Balaban J connectivity index is 1.31. The monoisotopic (exact) mass is 546 g/mol. The van der Waals surface area contributed by atoms with Crippen molar-refractivity contribution < 1.29 is 14.3 Å². The minimum atomic E-state index is -0.332. The molecule has 0 heterocycles. The maximum atomic E-state index is 12.6. The van der Waals surface area contributed by atoms with Gasteiger partial charge in [-0.1, -0.05) is 96.4 Å². The highest BCUT2D eigenvalue weighted by Gasteiger charge is 2.20. The molecule has 0 N–H and O–H groups in total. The lowest BCUT2D eigenvalue weighted by Gasteiger charge is -2.28. The number of esters is 1. The largest absolute Gasteiger partial charge is 0.494 e. The van der Waals surface area contributed by atoms with Crippen molar-refractivity contribution >= 4 is 5.97 Å². The third-order valence-corrected chi connectivity index (χ3v) is 8.70. The van der Waals surface area contributed by atoms with Crippen LogP contribution in [0.4, 0.5) is 0 Å². The van der Waals surface area contributed by atoms with E-state index < -0.39 is 0 Å². The van der Waals surface area contributed by atoms with Crippen molar-refractivity contribution in [1.29, 1.82) is 0 Å². The van der Waals surface area contributed by atoms with E-state index in [1.54, 1.807) is 12.1 Å². The first-order valence-electron chi connectivity index (χ1n) is 16.3. The smallest absolute Gasteiger partial charge is 0.343 e. The Kier molecular flexibility index (Phi) is 15.0. The van der Waals surface area contributed by atoms with Crippen LogP contribution in [0.1, 0.15) is 127 Å².